The molecule has 1 saturated heterocycles. The van der Waals surface area contributed by atoms with Crippen LogP contribution in [0.15, 0.2) is 0 Å². The first kappa shape index (κ1) is 13.9. The predicted octanol–water partition coefficient (Wildman–Crippen LogP) is 1.40. The van der Waals surface area contributed by atoms with Gasteiger partial charge >= 0.3 is 0 Å². The maximum Gasteiger partial charge on any atom is 0.0122 e. The molecule has 1 aliphatic rings. The largest absolute Gasteiger partial charge is 0.314 e. The van der Waals surface area contributed by atoms with E-state index >= 15 is 0 Å². The molecule has 96 valence electrons. The quantitative estimate of drug-likeness (QED) is 0.783. The Hall–Kier alpha value is -0.120. The first-order chi connectivity index (χ1) is 7.41. The van der Waals surface area contributed by atoms with E-state index in [9.17, 15) is 0 Å². The van der Waals surface area contributed by atoms with Gasteiger partial charge < -0.3 is 10.2 Å². The van der Waals surface area contributed by atoms with Gasteiger partial charge in [-0.2, -0.15) is 0 Å². The van der Waals surface area contributed by atoms with Crippen molar-refractivity contribution in [2.24, 2.45) is 0 Å². The topological polar surface area (TPSA) is 18.5 Å². The molecule has 0 radical (unpaired) electrons. The Bertz CT molecular complexity index is 192. The van der Waals surface area contributed by atoms with Gasteiger partial charge in [0.15, 0.2) is 0 Å². The van der Waals surface area contributed by atoms with Crippen LogP contribution in [-0.4, -0.2) is 61.2 Å². The molecular formula is C13H29N3. The molecule has 0 aliphatic carbocycles. The third-order valence-electron chi connectivity index (χ3n) is 3.80. The summed E-state index contributed by atoms with van der Waals surface area (Å²) in [5.41, 5.74) is 0.295. The Morgan fingerprint density at radius 3 is 2.31 bits per heavy atom. The van der Waals surface area contributed by atoms with Crippen molar-refractivity contribution in [1.82, 2.24) is 15.1 Å². The van der Waals surface area contributed by atoms with Crippen molar-refractivity contribution in [3.8, 4) is 0 Å². The lowest BCUT2D eigenvalue weighted by Gasteiger charge is -2.36. The molecule has 0 aromatic heterocycles. The number of rotatable bonds is 4. The average Bonchev–Trinajstić information content (AvgIpc) is 2.25. The van der Waals surface area contributed by atoms with Gasteiger partial charge in [0, 0.05) is 37.8 Å². The Morgan fingerprint density at radius 1 is 1.25 bits per heavy atom. The molecule has 1 heterocycles. The van der Waals surface area contributed by atoms with Gasteiger partial charge in [-0.05, 0) is 47.7 Å². The summed E-state index contributed by atoms with van der Waals surface area (Å²) in [5, 5.41) is 3.41. The van der Waals surface area contributed by atoms with Crippen LogP contribution in [0.4, 0.5) is 0 Å². The molecule has 1 rings (SSSR count). The van der Waals surface area contributed by atoms with Crippen molar-refractivity contribution < 1.29 is 0 Å². The predicted molar refractivity (Wildman–Crippen MR) is 70.9 cm³/mol. The summed E-state index contributed by atoms with van der Waals surface area (Å²) < 4.78 is 0. The van der Waals surface area contributed by atoms with E-state index in [4.69, 9.17) is 0 Å². The van der Waals surface area contributed by atoms with Crippen LogP contribution in [-0.2, 0) is 0 Å². The van der Waals surface area contributed by atoms with Crippen LogP contribution in [0.2, 0.25) is 0 Å². The lowest BCUT2D eigenvalue weighted by Crippen LogP contribution is -2.48. The monoisotopic (exact) mass is 227 g/mol. The highest BCUT2D eigenvalue weighted by molar-refractivity contribution is 4.77. The number of piperazine rings is 1. The van der Waals surface area contributed by atoms with Crippen molar-refractivity contribution in [3.05, 3.63) is 0 Å². The van der Waals surface area contributed by atoms with E-state index in [0.29, 0.717) is 11.6 Å². The van der Waals surface area contributed by atoms with Crippen molar-refractivity contribution in [2.45, 2.75) is 45.7 Å². The summed E-state index contributed by atoms with van der Waals surface area (Å²) in [7, 11) is 2.23. The molecule has 1 unspecified atom stereocenters. The zero-order valence-corrected chi connectivity index (χ0v) is 11.7. The number of hydrogen-bond donors (Lipinski definition) is 1. The lowest BCUT2D eigenvalue weighted by molar-refractivity contribution is 0.130. The Balaban J connectivity index is 2.26. The Labute approximate surface area is 101 Å². The van der Waals surface area contributed by atoms with E-state index < -0.39 is 0 Å². The first-order valence-electron chi connectivity index (χ1n) is 6.57. The van der Waals surface area contributed by atoms with Gasteiger partial charge in [0.05, 0.1) is 0 Å². The van der Waals surface area contributed by atoms with E-state index in [1.165, 1.54) is 26.1 Å². The summed E-state index contributed by atoms with van der Waals surface area (Å²) in [6.45, 7) is 15.1. The molecule has 3 nitrogen and oxygen atoms in total. The molecule has 1 atom stereocenters. The first-order valence-corrected chi connectivity index (χ1v) is 6.57. The number of hydrogen-bond acceptors (Lipinski definition) is 3. The smallest absolute Gasteiger partial charge is 0.0122 e. The SMILES string of the molecule is CC(CCN(C)C(C)(C)C)N1CCNCC1. The average molecular weight is 227 g/mol. The summed E-state index contributed by atoms with van der Waals surface area (Å²) in [5.74, 6) is 0. The van der Waals surface area contributed by atoms with Crippen LogP contribution >= 0.6 is 0 Å². The fourth-order valence-electron chi connectivity index (χ4n) is 2.02. The van der Waals surface area contributed by atoms with E-state index in [-0.39, 0.29) is 0 Å². The van der Waals surface area contributed by atoms with Crippen LogP contribution in [0.25, 0.3) is 0 Å². The highest BCUT2D eigenvalue weighted by Crippen LogP contribution is 2.13. The molecule has 1 N–H and O–H groups in total. The van der Waals surface area contributed by atoms with Crippen LogP contribution < -0.4 is 5.32 Å². The molecule has 1 aliphatic heterocycles. The maximum atomic E-state index is 3.41. The van der Waals surface area contributed by atoms with Crippen LogP contribution in [0, 0.1) is 0 Å². The van der Waals surface area contributed by atoms with Crippen LogP contribution in [0.1, 0.15) is 34.1 Å². The summed E-state index contributed by atoms with van der Waals surface area (Å²) in [6.07, 6.45) is 1.27. The Morgan fingerprint density at radius 2 is 1.81 bits per heavy atom. The van der Waals surface area contributed by atoms with E-state index in [2.05, 4.69) is 49.9 Å². The summed E-state index contributed by atoms with van der Waals surface area (Å²) >= 11 is 0. The van der Waals surface area contributed by atoms with Gasteiger partial charge in [0.2, 0.25) is 0 Å². The molecule has 0 bridgehead atoms. The molecule has 0 amide bonds. The van der Waals surface area contributed by atoms with Crippen LogP contribution in [0.3, 0.4) is 0 Å². The molecule has 1 fully saturated rings. The van der Waals surface area contributed by atoms with E-state index in [0.717, 1.165) is 13.1 Å². The maximum absolute atomic E-state index is 3.41. The minimum Gasteiger partial charge on any atom is -0.314 e. The zero-order valence-electron chi connectivity index (χ0n) is 11.7. The highest BCUT2D eigenvalue weighted by atomic mass is 15.2. The van der Waals surface area contributed by atoms with E-state index in [1.54, 1.807) is 0 Å². The number of nitrogens with zero attached hydrogens (tertiary/aromatic N) is 2. The fourth-order valence-corrected chi connectivity index (χ4v) is 2.02. The van der Waals surface area contributed by atoms with Gasteiger partial charge in [-0.3, -0.25) is 4.90 Å². The van der Waals surface area contributed by atoms with Crippen molar-refractivity contribution in [3.63, 3.8) is 0 Å². The van der Waals surface area contributed by atoms with Gasteiger partial charge in [0.1, 0.15) is 0 Å². The van der Waals surface area contributed by atoms with Gasteiger partial charge in [-0.1, -0.05) is 0 Å². The van der Waals surface area contributed by atoms with Crippen LogP contribution in [0.5, 0.6) is 0 Å². The molecule has 16 heavy (non-hydrogen) atoms. The third-order valence-corrected chi connectivity index (χ3v) is 3.80. The standard InChI is InChI=1S/C13H29N3/c1-12(16-10-7-14-8-11-16)6-9-15(5)13(2,3)4/h12,14H,6-11H2,1-5H3. The minimum absolute atomic E-state index is 0.295. The molecule has 0 aromatic carbocycles. The summed E-state index contributed by atoms with van der Waals surface area (Å²) in [4.78, 5) is 5.05. The van der Waals surface area contributed by atoms with Crippen molar-refractivity contribution >= 4 is 0 Å². The van der Waals surface area contributed by atoms with E-state index in [1.807, 2.05) is 0 Å². The minimum atomic E-state index is 0.295. The van der Waals surface area contributed by atoms with Gasteiger partial charge in [0.25, 0.3) is 0 Å². The second-order valence-electron chi connectivity index (χ2n) is 6.02. The molecule has 0 saturated carbocycles. The van der Waals surface area contributed by atoms with Crippen molar-refractivity contribution in [2.75, 3.05) is 39.8 Å². The normalized spacial score (nSPS) is 21.4. The number of nitrogens with one attached hydrogen (secondary N) is 1. The van der Waals surface area contributed by atoms with Gasteiger partial charge in [-0.25, -0.2) is 0 Å². The van der Waals surface area contributed by atoms with Gasteiger partial charge in [-0.15, -0.1) is 0 Å². The summed E-state index contributed by atoms with van der Waals surface area (Å²) in [6, 6.07) is 0.715. The molecular weight excluding hydrogens is 198 g/mol. The fraction of sp³-hybridized carbons (Fsp3) is 1.00. The molecule has 3 heteroatoms. The Kier molecular flexibility index (Phi) is 5.22. The molecule has 0 spiro atoms. The highest BCUT2D eigenvalue weighted by Gasteiger charge is 2.20. The second-order valence-corrected chi connectivity index (χ2v) is 6.02. The van der Waals surface area contributed by atoms with Crippen molar-refractivity contribution in [1.29, 1.82) is 0 Å². The molecule has 0 aromatic rings. The zero-order chi connectivity index (χ0) is 12.2. The lowest BCUT2D eigenvalue weighted by atomic mass is 10.1. The second kappa shape index (κ2) is 5.99. The third kappa shape index (κ3) is 4.40.